The van der Waals surface area contributed by atoms with E-state index in [-0.39, 0.29) is 43.3 Å². The van der Waals surface area contributed by atoms with Crippen molar-refractivity contribution < 1.29 is 38.7 Å². The number of anilines is 2. The van der Waals surface area contributed by atoms with E-state index >= 15 is 0 Å². The number of piperidine rings is 2. The van der Waals surface area contributed by atoms with Crippen LogP contribution < -0.4 is 37.0 Å². The number of fused-ring (bicyclic) bond motifs is 2. The lowest BCUT2D eigenvalue weighted by molar-refractivity contribution is -0.117. The molecule has 2 saturated heterocycles. The number of ether oxygens (including phenoxy) is 2. The summed E-state index contributed by atoms with van der Waals surface area (Å²) in [6, 6.07) is 28.8. The summed E-state index contributed by atoms with van der Waals surface area (Å²) >= 11 is 16.1. The summed E-state index contributed by atoms with van der Waals surface area (Å²) < 4.78 is 12.7. The molecule has 20 heteroatoms. The van der Waals surface area contributed by atoms with Crippen molar-refractivity contribution in [3.8, 4) is 22.6 Å². The number of benzene rings is 4. The predicted molar refractivity (Wildman–Crippen MR) is 316 cm³/mol. The number of carbonyl (C=O) groups is 4. The van der Waals surface area contributed by atoms with E-state index in [2.05, 4.69) is 42.6 Å². The van der Waals surface area contributed by atoms with Gasteiger partial charge in [-0.05, 0) is 151 Å². The second kappa shape index (κ2) is 28.6. The number of likely N-dealkylation sites (tertiary alicyclic amines) is 2. The Morgan fingerprint density at radius 2 is 1.06 bits per heavy atom. The Hall–Kier alpha value is -7.22. The molecule has 0 spiro atoms. The van der Waals surface area contributed by atoms with Crippen LogP contribution in [0.25, 0.3) is 23.3 Å². The molecule has 0 saturated carbocycles. The van der Waals surface area contributed by atoms with Gasteiger partial charge in [0.15, 0.2) is 0 Å². The van der Waals surface area contributed by atoms with Gasteiger partial charge in [-0.15, -0.1) is 0 Å². The van der Waals surface area contributed by atoms with E-state index in [1.807, 2.05) is 46.2 Å². The number of hydrogen-bond donors (Lipinski definition) is 6. The van der Waals surface area contributed by atoms with E-state index < -0.39 is 7.12 Å². The molecule has 2 atom stereocenters. The molecule has 2 aromatic heterocycles. The van der Waals surface area contributed by atoms with Gasteiger partial charge in [-0.1, -0.05) is 70.8 Å². The van der Waals surface area contributed by atoms with E-state index in [1.54, 1.807) is 79.1 Å². The molecule has 16 nitrogen and oxygen atoms in total. The summed E-state index contributed by atoms with van der Waals surface area (Å²) in [6.07, 6.45) is 17.2. The van der Waals surface area contributed by atoms with Crippen molar-refractivity contribution in [3.05, 3.63) is 170 Å². The minimum absolute atomic E-state index is 0. The summed E-state index contributed by atoms with van der Waals surface area (Å²) in [6.45, 7) is 4.08. The molecule has 4 amide bonds. The summed E-state index contributed by atoms with van der Waals surface area (Å²) in [5.74, 6) is 1.94. The van der Waals surface area contributed by atoms with Crippen LogP contribution >= 0.6 is 39.1 Å². The minimum atomic E-state index is -1.48. The van der Waals surface area contributed by atoms with Gasteiger partial charge in [-0.3, -0.25) is 19.2 Å². The van der Waals surface area contributed by atoms with Crippen molar-refractivity contribution in [2.24, 2.45) is 0 Å². The van der Waals surface area contributed by atoms with Gasteiger partial charge in [0.25, 0.3) is 11.8 Å². The SMILES string of the molecule is C.Nc1ccc(/C=C/C(=O)NCC2Cc3cc(-c4ccc(C(=O)N5CCCCC5)cc4)cc(Cl)c3O2)cn1.Nc1ccc(/C=C/C(=O)NCC2Cc3cc(Br)cc(Cl)c3O2)cn1.O=C(c1ccc(B(O)O)cc1)N1CCCCC1. The first-order valence-corrected chi connectivity index (χ1v) is 27.3. The van der Waals surface area contributed by atoms with Crippen LogP contribution in [0.15, 0.2) is 126 Å². The lowest BCUT2D eigenvalue weighted by Gasteiger charge is -2.26. The largest absolute Gasteiger partial charge is 0.488 e. The Labute approximate surface area is 479 Å². The number of rotatable bonds is 12. The number of nitrogens with zero attached hydrogens (tertiary/aromatic N) is 4. The van der Waals surface area contributed by atoms with Crippen LogP contribution in [0, 0.1) is 0 Å². The highest BCUT2D eigenvalue weighted by Gasteiger charge is 2.28. The molecular formula is C59H64BBrCl2N8O8. The zero-order valence-corrected chi connectivity index (χ0v) is 45.9. The number of nitrogens with one attached hydrogen (secondary N) is 2. The minimum Gasteiger partial charge on any atom is -0.486 e. The van der Waals surface area contributed by atoms with Gasteiger partial charge in [0.2, 0.25) is 11.8 Å². The van der Waals surface area contributed by atoms with E-state index in [9.17, 15) is 19.2 Å². The number of aromatic nitrogens is 2. The number of nitrogens with two attached hydrogens (primary N) is 2. The smallest absolute Gasteiger partial charge is 0.486 e. The van der Waals surface area contributed by atoms with Crippen LogP contribution in [0.3, 0.4) is 0 Å². The topological polar surface area (TPSA) is 236 Å². The molecule has 6 aromatic rings. The van der Waals surface area contributed by atoms with Gasteiger partial charge < -0.3 is 51.4 Å². The average molecular weight is 1170 g/mol. The highest BCUT2D eigenvalue weighted by atomic mass is 79.9. The molecule has 79 heavy (non-hydrogen) atoms. The second-order valence-electron chi connectivity index (χ2n) is 19.2. The van der Waals surface area contributed by atoms with Gasteiger partial charge >= 0.3 is 7.12 Å². The van der Waals surface area contributed by atoms with Crippen LogP contribution in [0.1, 0.15) is 88.9 Å². The quantitative estimate of drug-likeness (QED) is 0.0499. The van der Waals surface area contributed by atoms with E-state index in [1.165, 1.54) is 25.0 Å². The normalized spacial score (nSPS) is 16.2. The summed E-state index contributed by atoms with van der Waals surface area (Å²) in [5.41, 5.74) is 18.4. The molecular weight excluding hydrogens is 1110 g/mol. The molecule has 8 N–H and O–H groups in total. The fourth-order valence-corrected chi connectivity index (χ4v) is 10.4. The molecule has 2 fully saturated rings. The first kappa shape index (κ1) is 59.4. The first-order valence-electron chi connectivity index (χ1n) is 25.8. The Morgan fingerprint density at radius 1 is 0.620 bits per heavy atom. The number of amides is 4. The van der Waals surface area contributed by atoms with Gasteiger partial charge in [-0.25, -0.2) is 9.97 Å². The number of pyridine rings is 2. The lowest BCUT2D eigenvalue weighted by Crippen LogP contribution is -2.36. The maximum Gasteiger partial charge on any atom is 0.488 e. The van der Waals surface area contributed by atoms with Crippen molar-refractivity contribution in [2.45, 2.75) is 71.0 Å². The Morgan fingerprint density at radius 3 is 1.51 bits per heavy atom. The molecule has 4 aliphatic heterocycles. The molecule has 0 bridgehead atoms. The fourth-order valence-electron chi connectivity index (χ4n) is 9.22. The maximum atomic E-state index is 12.8. The lowest BCUT2D eigenvalue weighted by atomic mass is 9.80. The molecule has 6 heterocycles. The summed E-state index contributed by atoms with van der Waals surface area (Å²) in [7, 11) is -1.48. The van der Waals surface area contributed by atoms with Crippen molar-refractivity contribution in [1.29, 1.82) is 0 Å². The van der Waals surface area contributed by atoms with Crippen LogP contribution in [0.2, 0.25) is 10.0 Å². The third-order valence-corrected chi connectivity index (χ3v) is 14.4. The zero-order chi connectivity index (χ0) is 55.1. The highest BCUT2D eigenvalue weighted by Crippen LogP contribution is 2.40. The first-order chi connectivity index (χ1) is 37.6. The molecule has 10 rings (SSSR count). The fraction of sp³-hybridized carbons (Fsp3) is 0.288. The third kappa shape index (κ3) is 16.9. The van der Waals surface area contributed by atoms with E-state index in [0.29, 0.717) is 75.7 Å². The predicted octanol–water partition coefficient (Wildman–Crippen LogP) is 8.58. The number of carbonyl (C=O) groups excluding carboxylic acids is 4. The molecule has 0 aliphatic carbocycles. The zero-order valence-electron chi connectivity index (χ0n) is 42.8. The van der Waals surface area contributed by atoms with Crippen molar-refractivity contribution in [1.82, 2.24) is 30.4 Å². The number of nitrogen functional groups attached to an aromatic ring is 2. The maximum absolute atomic E-state index is 12.8. The average Bonchev–Trinajstić information content (AvgIpc) is 4.10. The van der Waals surface area contributed by atoms with Crippen molar-refractivity contribution in [3.63, 3.8) is 0 Å². The van der Waals surface area contributed by atoms with Crippen LogP contribution in [-0.4, -0.2) is 112 Å². The summed E-state index contributed by atoms with van der Waals surface area (Å²) in [4.78, 5) is 60.8. The standard InChI is InChI=1S/C29H29ClN4O3.C17H15BrClN3O2.C12H16BNO3.CH4/c30-25-16-22(20-6-8-21(9-7-20)29(36)34-12-2-1-3-13-34)14-23-15-24(37-28(23)25)18-33-27(35)11-5-19-4-10-26(31)32-17-19;18-12-5-11-6-13(24-17(11)14(19)7-12)9-22-16(23)4-2-10-1-3-15(20)21-8-10;15-12(14-8-2-1-3-9-14)10-4-6-11(7-5-10)13(16)17;/h4-11,14,16-17,24H,1-3,12-13,15,18H2,(H2,31,32)(H,33,35);1-5,7-8,13H,6,9H2,(H2,20,21)(H,22,23);4-7,16-17H,1-3,8-9H2;1H4/b11-5+;4-2+;;. The third-order valence-electron chi connectivity index (χ3n) is 13.4. The summed E-state index contributed by atoms with van der Waals surface area (Å²) in [5, 5.41) is 24.7. The Kier molecular flexibility index (Phi) is 21.5. The van der Waals surface area contributed by atoms with E-state index in [0.717, 1.165) is 89.7 Å². The van der Waals surface area contributed by atoms with Gasteiger partial charge in [-0.2, -0.15) is 0 Å². The molecule has 4 aromatic carbocycles. The molecule has 412 valence electrons. The number of hydrogen-bond acceptors (Lipinski definition) is 12. The van der Waals surface area contributed by atoms with Gasteiger partial charge in [0, 0.05) is 90.3 Å². The van der Waals surface area contributed by atoms with Gasteiger partial charge in [0.05, 0.1) is 23.1 Å². The Bertz CT molecular complexity index is 3120. The van der Waals surface area contributed by atoms with Crippen molar-refractivity contribution >= 4 is 99.1 Å². The van der Waals surface area contributed by atoms with Crippen LogP contribution in [0.5, 0.6) is 11.5 Å². The molecule has 2 unspecified atom stereocenters. The highest BCUT2D eigenvalue weighted by molar-refractivity contribution is 9.10. The van der Waals surface area contributed by atoms with Crippen LogP contribution in [-0.2, 0) is 22.4 Å². The van der Waals surface area contributed by atoms with Gasteiger partial charge in [0.1, 0.15) is 35.3 Å². The molecule has 4 aliphatic rings. The number of halogens is 3. The van der Waals surface area contributed by atoms with E-state index in [4.69, 9.17) is 54.2 Å². The van der Waals surface area contributed by atoms with Crippen LogP contribution in [0.4, 0.5) is 11.6 Å². The Balaban J connectivity index is 0.000000185. The van der Waals surface area contributed by atoms with Crippen molar-refractivity contribution in [2.75, 3.05) is 50.7 Å². The monoisotopic (exact) mass is 1170 g/mol. The second-order valence-corrected chi connectivity index (χ2v) is 20.9. The molecule has 0 radical (unpaired) electrons.